The molecule has 106 valence electrons. The molecule has 2 aromatic heterocycles. The molecule has 3 rings (SSSR count). The third kappa shape index (κ3) is 3.00. The van der Waals surface area contributed by atoms with Gasteiger partial charge >= 0.3 is 0 Å². The van der Waals surface area contributed by atoms with Gasteiger partial charge in [0.1, 0.15) is 18.4 Å². The SMILES string of the molecule is Cc1occc1C(=O)Nc1ccc(Cn2cncn2)cc1. The molecule has 3 aromatic rings. The lowest BCUT2D eigenvalue weighted by Crippen LogP contribution is -2.12. The van der Waals surface area contributed by atoms with Crippen LogP contribution in [0.25, 0.3) is 0 Å². The zero-order chi connectivity index (χ0) is 14.7. The van der Waals surface area contributed by atoms with Gasteiger partial charge in [0, 0.05) is 5.69 Å². The normalized spacial score (nSPS) is 10.5. The number of carbonyl (C=O) groups is 1. The third-order valence-electron chi connectivity index (χ3n) is 3.13. The number of nitrogens with one attached hydrogen (secondary N) is 1. The lowest BCUT2D eigenvalue weighted by molar-refractivity contribution is 0.102. The molecule has 21 heavy (non-hydrogen) atoms. The molecule has 0 saturated carbocycles. The molecule has 0 saturated heterocycles. The molecule has 6 heteroatoms. The maximum atomic E-state index is 12.0. The molecule has 1 aromatic carbocycles. The van der Waals surface area contributed by atoms with E-state index in [4.69, 9.17) is 4.42 Å². The van der Waals surface area contributed by atoms with Crippen molar-refractivity contribution in [3.63, 3.8) is 0 Å². The Balaban J connectivity index is 1.67. The molecule has 0 aliphatic heterocycles. The highest BCUT2D eigenvalue weighted by atomic mass is 16.3. The average Bonchev–Trinajstić information content (AvgIpc) is 3.12. The first kappa shape index (κ1) is 13.1. The number of amides is 1. The number of anilines is 1. The van der Waals surface area contributed by atoms with Gasteiger partial charge in [-0.2, -0.15) is 5.10 Å². The Labute approximate surface area is 121 Å². The maximum absolute atomic E-state index is 12.0. The lowest BCUT2D eigenvalue weighted by Gasteiger charge is -2.06. The van der Waals surface area contributed by atoms with E-state index in [2.05, 4.69) is 15.4 Å². The Morgan fingerprint density at radius 3 is 2.71 bits per heavy atom. The second-order valence-corrected chi connectivity index (χ2v) is 4.63. The van der Waals surface area contributed by atoms with Crippen molar-refractivity contribution in [2.24, 2.45) is 0 Å². The van der Waals surface area contributed by atoms with Gasteiger partial charge in [-0.15, -0.1) is 0 Å². The quantitative estimate of drug-likeness (QED) is 0.798. The maximum Gasteiger partial charge on any atom is 0.259 e. The van der Waals surface area contributed by atoms with E-state index in [1.807, 2.05) is 24.3 Å². The van der Waals surface area contributed by atoms with Crippen molar-refractivity contribution in [3.8, 4) is 0 Å². The van der Waals surface area contributed by atoms with E-state index in [1.54, 1.807) is 24.0 Å². The van der Waals surface area contributed by atoms with E-state index >= 15 is 0 Å². The molecule has 0 aliphatic rings. The van der Waals surface area contributed by atoms with Crippen LogP contribution in [0.3, 0.4) is 0 Å². The highest BCUT2D eigenvalue weighted by molar-refractivity contribution is 6.04. The number of nitrogens with zero attached hydrogens (tertiary/aromatic N) is 3. The summed E-state index contributed by atoms with van der Waals surface area (Å²) in [5, 5.41) is 6.89. The zero-order valence-electron chi connectivity index (χ0n) is 11.5. The minimum absolute atomic E-state index is 0.176. The van der Waals surface area contributed by atoms with Crippen LogP contribution in [-0.4, -0.2) is 20.7 Å². The van der Waals surface area contributed by atoms with E-state index in [0.29, 0.717) is 17.9 Å². The van der Waals surface area contributed by atoms with Gasteiger partial charge in [-0.05, 0) is 30.7 Å². The van der Waals surface area contributed by atoms with Crippen LogP contribution in [0.5, 0.6) is 0 Å². The molecule has 1 N–H and O–H groups in total. The molecule has 0 radical (unpaired) electrons. The van der Waals surface area contributed by atoms with Crippen LogP contribution in [0, 0.1) is 6.92 Å². The summed E-state index contributed by atoms with van der Waals surface area (Å²) in [6, 6.07) is 9.27. The molecular weight excluding hydrogens is 268 g/mol. The Morgan fingerprint density at radius 2 is 2.10 bits per heavy atom. The van der Waals surface area contributed by atoms with Gasteiger partial charge in [0.05, 0.1) is 18.4 Å². The van der Waals surface area contributed by atoms with E-state index in [1.165, 1.54) is 12.6 Å². The van der Waals surface area contributed by atoms with E-state index in [0.717, 1.165) is 11.3 Å². The number of hydrogen-bond donors (Lipinski definition) is 1. The molecule has 0 atom stereocenters. The summed E-state index contributed by atoms with van der Waals surface area (Å²) in [5.41, 5.74) is 2.36. The van der Waals surface area contributed by atoms with Crippen molar-refractivity contribution in [3.05, 3.63) is 66.1 Å². The largest absolute Gasteiger partial charge is 0.469 e. The third-order valence-corrected chi connectivity index (χ3v) is 3.13. The van der Waals surface area contributed by atoms with Crippen LogP contribution in [0.1, 0.15) is 21.7 Å². The van der Waals surface area contributed by atoms with Crippen LogP contribution in [-0.2, 0) is 6.54 Å². The summed E-state index contributed by atoms with van der Waals surface area (Å²) in [5.74, 6) is 0.431. The first-order chi connectivity index (χ1) is 10.2. The van der Waals surface area contributed by atoms with Crippen molar-refractivity contribution in [2.75, 3.05) is 5.32 Å². The summed E-state index contributed by atoms with van der Waals surface area (Å²) < 4.78 is 6.86. The lowest BCUT2D eigenvalue weighted by atomic mass is 10.2. The van der Waals surface area contributed by atoms with Gasteiger partial charge in [-0.25, -0.2) is 9.67 Å². The molecule has 1 amide bonds. The van der Waals surface area contributed by atoms with Gasteiger partial charge in [0.2, 0.25) is 0 Å². The van der Waals surface area contributed by atoms with Crippen LogP contribution in [0.4, 0.5) is 5.69 Å². The van der Waals surface area contributed by atoms with Crippen LogP contribution in [0.2, 0.25) is 0 Å². The smallest absolute Gasteiger partial charge is 0.259 e. The topological polar surface area (TPSA) is 73.0 Å². The van der Waals surface area contributed by atoms with Crippen molar-refractivity contribution in [2.45, 2.75) is 13.5 Å². The van der Waals surface area contributed by atoms with Gasteiger partial charge in [-0.1, -0.05) is 12.1 Å². The highest BCUT2D eigenvalue weighted by Crippen LogP contribution is 2.14. The summed E-state index contributed by atoms with van der Waals surface area (Å²) in [7, 11) is 0. The van der Waals surface area contributed by atoms with Crippen molar-refractivity contribution >= 4 is 11.6 Å². The Bertz CT molecular complexity index is 729. The predicted molar refractivity (Wildman–Crippen MR) is 77.0 cm³/mol. The number of aryl methyl sites for hydroxylation is 1. The summed E-state index contributed by atoms with van der Waals surface area (Å²) >= 11 is 0. The molecule has 0 unspecified atom stereocenters. The summed E-state index contributed by atoms with van der Waals surface area (Å²) in [4.78, 5) is 15.9. The van der Waals surface area contributed by atoms with Crippen LogP contribution >= 0.6 is 0 Å². The molecule has 0 aliphatic carbocycles. The van der Waals surface area contributed by atoms with Crippen molar-refractivity contribution < 1.29 is 9.21 Å². The molecule has 2 heterocycles. The number of furan rings is 1. The number of aromatic nitrogens is 3. The summed E-state index contributed by atoms with van der Waals surface area (Å²) in [6.07, 6.45) is 4.67. The van der Waals surface area contributed by atoms with E-state index < -0.39 is 0 Å². The Kier molecular flexibility index (Phi) is 3.51. The number of hydrogen-bond acceptors (Lipinski definition) is 4. The molecule has 6 nitrogen and oxygen atoms in total. The predicted octanol–water partition coefficient (Wildman–Crippen LogP) is 2.48. The number of carbonyl (C=O) groups excluding carboxylic acids is 1. The fourth-order valence-electron chi connectivity index (χ4n) is 2.01. The zero-order valence-corrected chi connectivity index (χ0v) is 11.5. The van der Waals surface area contributed by atoms with E-state index in [-0.39, 0.29) is 5.91 Å². The molecular formula is C15H14N4O2. The van der Waals surface area contributed by atoms with E-state index in [9.17, 15) is 4.79 Å². The van der Waals surface area contributed by atoms with Crippen LogP contribution < -0.4 is 5.32 Å². The minimum Gasteiger partial charge on any atom is -0.469 e. The first-order valence-electron chi connectivity index (χ1n) is 6.49. The standard InChI is InChI=1S/C15H14N4O2/c1-11-14(6-7-21-11)15(20)18-13-4-2-12(3-5-13)8-19-10-16-9-17-19/h2-7,9-10H,8H2,1H3,(H,18,20). The average molecular weight is 282 g/mol. The summed E-state index contributed by atoms with van der Waals surface area (Å²) in [6.45, 7) is 2.41. The first-order valence-corrected chi connectivity index (χ1v) is 6.49. The Hall–Kier alpha value is -2.89. The molecule has 0 bridgehead atoms. The van der Waals surface area contributed by atoms with Gasteiger partial charge < -0.3 is 9.73 Å². The van der Waals surface area contributed by atoms with Gasteiger partial charge in [0.25, 0.3) is 5.91 Å². The van der Waals surface area contributed by atoms with Crippen LogP contribution in [0.15, 0.2) is 53.7 Å². The highest BCUT2D eigenvalue weighted by Gasteiger charge is 2.11. The fourth-order valence-corrected chi connectivity index (χ4v) is 2.01. The fraction of sp³-hybridized carbons (Fsp3) is 0.133. The monoisotopic (exact) mass is 282 g/mol. The van der Waals surface area contributed by atoms with Gasteiger partial charge in [0.15, 0.2) is 0 Å². The molecule has 0 fully saturated rings. The van der Waals surface area contributed by atoms with Crippen molar-refractivity contribution in [1.82, 2.24) is 14.8 Å². The Morgan fingerprint density at radius 1 is 1.29 bits per heavy atom. The second kappa shape index (κ2) is 5.62. The minimum atomic E-state index is -0.176. The van der Waals surface area contributed by atoms with Crippen molar-refractivity contribution in [1.29, 1.82) is 0 Å². The molecule has 0 spiro atoms. The number of rotatable bonds is 4. The number of benzene rings is 1. The second-order valence-electron chi connectivity index (χ2n) is 4.63. The van der Waals surface area contributed by atoms with Gasteiger partial charge in [-0.3, -0.25) is 4.79 Å².